The number of fused-ring (bicyclic) bond motifs is 2. The second-order valence-electron chi connectivity index (χ2n) is 8.71. The zero-order chi connectivity index (χ0) is 13.3. The van der Waals surface area contributed by atoms with E-state index in [1.807, 2.05) is 0 Å². The number of nitrogens with one attached hydrogen (secondary N) is 1. The maximum atomic E-state index is 3.78. The normalized spacial score (nSPS) is 49.7. The molecule has 19 heavy (non-hydrogen) atoms. The minimum Gasteiger partial charge on any atom is -0.311 e. The molecule has 0 aromatic carbocycles. The zero-order valence-corrected chi connectivity index (χ0v) is 12.9. The van der Waals surface area contributed by atoms with Gasteiger partial charge >= 0.3 is 0 Å². The highest BCUT2D eigenvalue weighted by Crippen LogP contribution is 2.64. The Labute approximate surface area is 118 Å². The fraction of sp³-hybridized carbons (Fsp3) is 1.00. The lowest BCUT2D eigenvalue weighted by atomic mass is 9.67. The Balaban J connectivity index is 1.57. The van der Waals surface area contributed by atoms with E-state index in [1.54, 1.807) is 0 Å². The van der Waals surface area contributed by atoms with Crippen LogP contribution < -0.4 is 5.32 Å². The lowest BCUT2D eigenvalue weighted by Crippen LogP contribution is -2.61. The molecule has 3 aliphatic carbocycles. The second kappa shape index (κ2) is 3.98. The first-order valence-electron chi connectivity index (χ1n) is 8.48. The van der Waals surface area contributed by atoms with Crippen LogP contribution in [0.5, 0.6) is 0 Å². The molecule has 1 saturated heterocycles. The molecule has 0 radical (unpaired) electrons. The van der Waals surface area contributed by atoms with Crippen molar-refractivity contribution in [3.63, 3.8) is 0 Å². The van der Waals surface area contributed by atoms with E-state index in [1.165, 1.54) is 51.7 Å². The van der Waals surface area contributed by atoms with Crippen LogP contribution in [0.1, 0.15) is 52.9 Å². The monoisotopic (exact) mass is 262 g/mol. The number of rotatable bonds is 2. The van der Waals surface area contributed by atoms with Gasteiger partial charge < -0.3 is 5.32 Å². The highest BCUT2D eigenvalue weighted by molar-refractivity contribution is 5.13. The molecule has 4 fully saturated rings. The van der Waals surface area contributed by atoms with Gasteiger partial charge in [0, 0.05) is 31.7 Å². The van der Waals surface area contributed by atoms with Crippen LogP contribution in [0.15, 0.2) is 0 Å². The van der Waals surface area contributed by atoms with E-state index >= 15 is 0 Å². The molecule has 4 aliphatic rings. The molecule has 0 aromatic rings. The molecule has 2 heteroatoms. The highest BCUT2D eigenvalue weighted by Gasteiger charge is 2.61. The first-order chi connectivity index (χ1) is 9.01. The number of hydrogen-bond acceptors (Lipinski definition) is 2. The third-order valence-corrected chi connectivity index (χ3v) is 6.99. The van der Waals surface area contributed by atoms with E-state index < -0.39 is 0 Å². The minimum absolute atomic E-state index is 0.540. The van der Waals surface area contributed by atoms with Crippen LogP contribution in [0, 0.1) is 22.7 Å². The van der Waals surface area contributed by atoms with Crippen molar-refractivity contribution in [3.8, 4) is 0 Å². The summed E-state index contributed by atoms with van der Waals surface area (Å²) >= 11 is 0. The third kappa shape index (κ3) is 1.82. The fourth-order valence-electron chi connectivity index (χ4n) is 6.04. The number of nitrogens with zero attached hydrogens (tertiary/aromatic N) is 1. The van der Waals surface area contributed by atoms with E-state index in [-0.39, 0.29) is 0 Å². The maximum Gasteiger partial charge on any atom is 0.0223 e. The van der Waals surface area contributed by atoms with Gasteiger partial charge in [-0.15, -0.1) is 0 Å². The lowest BCUT2D eigenvalue weighted by Gasteiger charge is -2.51. The summed E-state index contributed by atoms with van der Waals surface area (Å²) in [4.78, 5) is 2.89. The molecular formula is C17H30N2. The molecule has 0 amide bonds. The molecule has 3 saturated carbocycles. The van der Waals surface area contributed by atoms with Gasteiger partial charge in [0.15, 0.2) is 0 Å². The number of hydrogen-bond donors (Lipinski definition) is 1. The van der Waals surface area contributed by atoms with E-state index in [9.17, 15) is 0 Å². The highest BCUT2D eigenvalue weighted by atomic mass is 15.3. The van der Waals surface area contributed by atoms with Crippen LogP contribution in [0.25, 0.3) is 0 Å². The molecule has 1 heterocycles. The van der Waals surface area contributed by atoms with Gasteiger partial charge in [-0.1, -0.05) is 20.8 Å². The Kier molecular flexibility index (Phi) is 2.65. The summed E-state index contributed by atoms with van der Waals surface area (Å²) < 4.78 is 0. The first-order valence-corrected chi connectivity index (χ1v) is 8.48. The van der Waals surface area contributed by atoms with E-state index in [4.69, 9.17) is 0 Å². The SMILES string of the molecule is CC12CCC(C1)C(C)(C)C2N1CCNC(C2CC2)C1. The quantitative estimate of drug-likeness (QED) is 0.823. The van der Waals surface area contributed by atoms with Crippen molar-refractivity contribution >= 4 is 0 Å². The average Bonchev–Trinajstić information content (AvgIpc) is 3.09. The summed E-state index contributed by atoms with van der Waals surface area (Å²) in [5.74, 6) is 1.98. The van der Waals surface area contributed by atoms with Crippen molar-refractivity contribution in [3.05, 3.63) is 0 Å². The molecule has 4 rings (SSSR count). The van der Waals surface area contributed by atoms with E-state index in [0.29, 0.717) is 10.8 Å². The smallest absolute Gasteiger partial charge is 0.0223 e. The molecule has 2 bridgehead atoms. The molecular weight excluding hydrogens is 232 g/mol. The fourth-order valence-corrected chi connectivity index (χ4v) is 6.04. The van der Waals surface area contributed by atoms with Gasteiger partial charge in [0.25, 0.3) is 0 Å². The van der Waals surface area contributed by atoms with Crippen molar-refractivity contribution in [2.24, 2.45) is 22.7 Å². The van der Waals surface area contributed by atoms with Crippen molar-refractivity contribution in [2.75, 3.05) is 19.6 Å². The van der Waals surface area contributed by atoms with E-state index in [2.05, 4.69) is 31.0 Å². The van der Waals surface area contributed by atoms with Crippen LogP contribution in [0.3, 0.4) is 0 Å². The molecule has 4 unspecified atom stereocenters. The Morgan fingerprint density at radius 3 is 2.53 bits per heavy atom. The van der Waals surface area contributed by atoms with Crippen LogP contribution in [-0.4, -0.2) is 36.6 Å². The molecule has 0 spiro atoms. The summed E-state index contributed by atoms with van der Waals surface area (Å²) in [6, 6.07) is 1.63. The third-order valence-electron chi connectivity index (χ3n) is 6.99. The Morgan fingerprint density at radius 1 is 1.11 bits per heavy atom. The maximum absolute atomic E-state index is 3.78. The molecule has 108 valence electrons. The van der Waals surface area contributed by atoms with Crippen molar-refractivity contribution in [1.29, 1.82) is 0 Å². The lowest BCUT2D eigenvalue weighted by molar-refractivity contribution is -0.0131. The molecule has 0 aromatic heterocycles. The topological polar surface area (TPSA) is 15.3 Å². The molecule has 2 nitrogen and oxygen atoms in total. The largest absolute Gasteiger partial charge is 0.311 e. The van der Waals surface area contributed by atoms with Crippen molar-refractivity contribution in [2.45, 2.75) is 65.0 Å². The van der Waals surface area contributed by atoms with Gasteiger partial charge in [0.05, 0.1) is 0 Å². The zero-order valence-electron chi connectivity index (χ0n) is 12.9. The molecule has 1 aliphatic heterocycles. The van der Waals surface area contributed by atoms with Gasteiger partial charge in [-0.25, -0.2) is 0 Å². The molecule has 4 atom stereocenters. The standard InChI is InChI=1S/C17H30N2/c1-16(2)13-6-7-17(3,10-13)15(16)19-9-8-18-14(11-19)12-4-5-12/h12-15,18H,4-11H2,1-3H3. The summed E-state index contributed by atoms with van der Waals surface area (Å²) in [7, 11) is 0. The molecule has 1 N–H and O–H groups in total. The average molecular weight is 262 g/mol. The van der Waals surface area contributed by atoms with Gasteiger partial charge in [0.1, 0.15) is 0 Å². The predicted octanol–water partition coefficient (Wildman–Crippen LogP) is 2.89. The van der Waals surface area contributed by atoms with E-state index in [0.717, 1.165) is 23.9 Å². The Hall–Kier alpha value is -0.0800. The predicted molar refractivity (Wildman–Crippen MR) is 79.1 cm³/mol. The number of piperazine rings is 1. The second-order valence-corrected chi connectivity index (χ2v) is 8.71. The summed E-state index contributed by atoms with van der Waals surface area (Å²) in [6.45, 7) is 11.5. The van der Waals surface area contributed by atoms with Crippen molar-refractivity contribution < 1.29 is 0 Å². The van der Waals surface area contributed by atoms with Gasteiger partial charge in [-0.2, -0.15) is 0 Å². The minimum atomic E-state index is 0.540. The van der Waals surface area contributed by atoms with Gasteiger partial charge in [-0.3, -0.25) is 4.90 Å². The summed E-state index contributed by atoms with van der Waals surface area (Å²) in [5.41, 5.74) is 1.15. The van der Waals surface area contributed by atoms with Crippen LogP contribution >= 0.6 is 0 Å². The Bertz CT molecular complexity index is 369. The van der Waals surface area contributed by atoms with Gasteiger partial charge in [-0.05, 0) is 54.8 Å². The Morgan fingerprint density at radius 2 is 1.89 bits per heavy atom. The van der Waals surface area contributed by atoms with Crippen LogP contribution in [0.2, 0.25) is 0 Å². The summed E-state index contributed by atoms with van der Waals surface area (Å²) in [6.07, 6.45) is 7.39. The van der Waals surface area contributed by atoms with Crippen LogP contribution in [-0.2, 0) is 0 Å². The first kappa shape index (κ1) is 12.6. The summed E-state index contributed by atoms with van der Waals surface area (Å²) in [5, 5.41) is 3.78. The van der Waals surface area contributed by atoms with Crippen LogP contribution in [0.4, 0.5) is 0 Å². The van der Waals surface area contributed by atoms with Crippen molar-refractivity contribution in [1.82, 2.24) is 10.2 Å². The van der Waals surface area contributed by atoms with Gasteiger partial charge in [0.2, 0.25) is 0 Å².